The first-order valence-corrected chi connectivity index (χ1v) is 8.26. The van der Waals surface area contributed by atoms with Crippen molar-refractivity contribution < 1.29 is 0 Å². The third-order valence-electron chi connectivity index (χ3n) is 4.25. The average molecular weight is 335 g/mol. The maximum Gasteiger partial charge on any atom is 0.0894 e. The van der Waals surface area contributed by atoms with Crippen molar-refractivity contribution in [2.24, 2.45) is 0 Å². The van der Waals surface area contributed by atoms with Crippen LogP contribution in [0.15, 0.2) is 79.4 Å². The Morgan fingerprint density at radius 1 is 0.500 bits per heavy atom. The normalized spacial score (nSPS) is 11.1. The Hall–Kier alpha value is -3.73. The van der Waals surface area contributed by atoms with Gasteiger partial charge in [0.2, 0.25) is 0 Å². The van der Waals surface area contributed by atoms with E-state index < -0.39 is 0 Å². The van der Waals surface area contributed by atoms with E-state index in [1.165, 1.54) is 0 Å². The lowest BCUT2D eigenvalue weighted by Crippen LogP contribution is -1.93. The predicted octanol–water partition coefficient (Wildman–Crippen LogP) is 4.30. The second kappa shape index (κ2) is 5.97. The van der Waals surface area contributed by atoms with Gasteiger partial charge in [0.25, 0.3) is 0 Å². The van der Waals surface area contributed by atoms with Gasteiger partial charge in [0.05, 0.1) is 46.2 Å². The van der Waals surface area contributed by atoms with Crippen LogP contribution in [0.2, 0.25) is 0 Å². The van der Waals surface area contributed by atoms with Gasteiger partial charge in [0.15, 0.2) is 0 Å². The molecule has 0 aliphatic heterocycles. The summed E-state index contributed by atoms with van der Waals surface area (Å²) < 4.78 is 0. The minimum Gasteiger partial charge on any atom is -0.255 e. The Bertz CT molecular complexity index is 1150. The largest absolute Gasteiger partial charge is 0.255 e. The van der Waals surface area contributed by atoms with Crippen molar-refractivity contribution in [3.63, 3.8) is 0 Å². The molecule has 26 heavy (non-hydrogen) atoms. The first-order chi connectivity index (χ1) is 12.9. The van der Waals surface area contributed by atoms with Gasteiger partial charge in [-0.1, -0.05) is 18.2 Å². The maximum absolute atomic E-state index is 4.76. The van der Waals surface area contributed by atoms with Crippen LogP contribution in [0.25, 0.3) is 44.6 Å². The van der Waals surface area contributed by atoms with Gasteiger partial charge in [-0.3, -0.25) is 19.9 Å². The highest BCUT2D eigenvalue weighted by Gasteiger charge is 2.07. The molecule has 0 saturated carbocycles. The quantitative estimate of drug-likeness (QED) is 0.481. The molecule has 5 aromatic heterocycles. The summed E-state index contributed by atoms with van der Waals surface area (Å²) in [7, 11) is 0. The van der Waals surface area contributed by atoms with Crippen LogP contribution < -0.4 is 0 Å². The topological polar surface area (TPSA) is 64.5 Å². The number of rotatable bonds is 2. The fourth-order valence-electron chi connectivity index (χ4n) is 2.95. The molecule has 0 fully saturated rings. The Labute approximate surface area is 149 Å². The number of aromatic nitrogens is 5. The van der Waals surface area contributed by atoms with E-state index in [1.807, 2.05) is 54.6 Å². The standard InChI is InChI=1S/C21H13N5/c1-6-16(18-10-14-4-2-8-22-20(14)12-24-18)26-17(7-1)19-11-15-5-3-9-23-21(15)13-25-19/h1-13H. The third-order valence-corrected chi connectivity index (χ3v) is 4.25. The van der Waals surface area contributed by atoms with Crippen molar-refractivity contribution in [1.29, 1.82) is 0 Å². The molecule has 5 rings (SSSR count). The van der Waals surface area contributed by atoms with Crippen molar-refractivity contribution in [1.82, 2.24) is 24.9 Å². The molecule has 0 amide bonds. The van der Waals surface area contributed by atoms with Crippen molar-refractivity contribution in [3.05, 3.63) is 79.4 Å². The van der Waals surface area contributed by atoms with E-state index in [2.05, 4.69) is 19.9 Å². The van der Waals surface area contributed by atoms with Crippen LogP contribution >= 0.6 is 0 Å². The van der Waals surface area contributed by atoms with E-state index in [4.69, 9.17) is 4.98 Å². The number of fused-ring (bicyclic) bond motifs is 2. The van der Waals surface area contributed by atoms with Gasteiger partial charge < -0.3 is 0 Å². The number of pyridine rings is 5. The van der Waals surface area contributed by atoms with E-state index in [1.54, 1.807) is 24.8 Å². The van der Waals surface area contributed by atoms with E-state index in [0.29, 0.717) is 0 Å². The van der Waals surface area contributed by atoms with Crippen LogP contribution in [-0.4, -0.2) is 24.9 Å². The van der Waals surface area contributed by atoms with Gasteiger partial charge >= 0.3 is 0 Å². The molecular weight excluding hydrogens is 322 g/mol. The van der Waals surface area contributed by atoms with Crippen LogP contribution in [0.3, 0.4) is 0 Å². The third kappa shape index (κ3) is 2.56. The fourth-order valence-corrected chi connectivity index (χ4v) is 2.95. The van der Waals surface area contributed by atoms with Gasteiger partial charge in [0.1, 0.15) is 0 Å². The van der Waals surface area contributed by atoms with Gasteiger partial charge in [-0.05, 0) is 36.4 Å². The highest BCUT2D eigenvalue weighted by molar-refractivity contribution is 5.83. The first kappa shape index (κ1) is 14.6. The number of nitrogens with zero attached hydrogens (tertiary/aromatic N) is 5. The second-order valence-corrected chi connectivity index (χ2v) is 5.94. The Balaban J connectivity index is 1.60. The second-order valence-electron chi connectivity index (χ2n) is 5.94. The lowest BCUT2D eigenvalue weighted by atomic mass is 10.1. The zero-order chi connectivity index (χ0) is 17.3. The summed E-state index contributed by atoms with van der Waals surface area (Å²) in [6.45, 7) is 0. The Morgan fingerprint density at radius 3 is 1.58 bits per heavy atom. The lowest BCUT2D eigenvalue weighted by Gasteiger charge is -2.06. The van der Waals surface area contributed by atoms with Gasteiger partial charge in [-0.2, -0.15) is 0 Å². The number of hydrogen-bond donors (Lipinski definition) is 0. The molecule has 0 saturated heterocycles. The summed E-state index contributed by atoms with van der Waals surface area (Å²) >= 11 is 0. The van der Waals surface area contributed by atoms with Gasteiger partial charge in [-0.15, -0.1) is 0 Å². The fraction of sp³-hybridized carbons (Fsp3) is 0. The van der Waals surface area contributed by atoms with Crippen molar-refractivity contribution in [2.45, 2.75) is 0 Å². The summed E-state index contributed by atoms with van der Waals surface area (Å²) in [5.74, 6) is 0. The Morgan fingerprint density at radius 2 is 1.04 bits per heavy atom. The summed E-state index contributed by atoms with van der Waals surface area (Å²) in [4.78, 5) is 22.4. The van der Waals surface area contributed by atoms with Gasteiger partial charge in [0, 0.05) is 23.2 Å². The molecule has 0 N–H and O–H groups in total. The molecule has 0 aliphatic carbocycles. The summed E-state index contributed by atoms with van der Waals surface area (Å²) in [6, 6.07) is 17.8. The molecule has 5 aromatic rings. The minimum atomic E-state index is 0.807. The molecule has 0 spiro atoms. The molecule has 5 heterocycles. The smallest absolute Gasteiger partial charge is 0.0894 e. The molecule has 0 atom stereocenters. The predicted molar refractivity (Wildman–Crippen MR) is 101 cm³/mol. The zero-order valence-electron chi connectivity index (χ0n) is 13.7. The maximum atomic E-state index is 4.76. The number of hydrogen-bond acceptors (Lipinski definition) is 5. The van der Waals surface area contributed by atoms with E-state index >= 15 is 0 Å². The molecule has 0 radical (unpaired) electrons. The first-order valence-electron chi connectivity index (χ1n) is 8.26. The average Bonchev–Trinajstić information content (AvgIpc) is 2.73. The molecule has 5 heteroatoms. The molecular formula is C21H13N5. The van der Waals surface area contributed by atoms with Crippen molar-refractivity contribution >= 4 is 21.8 Å². The van der Waals surface area contributed by atoms with E-state index in [-0.39, 0.29) is 0 Å². The highest BCUT2D eigenvalue weighted by atomic mass is 14.8. The van der Waals surface area contributed by atoms with E-state index in [9.17, 15) is 0 Å². The van der Waals surface area contributed by atoms with E-state index in [0.717, 1.165) is 44.6 Å². The molecule has 0 bridgehead atoms. The summed E-state index contributed by atoms with van der Waals surface area (Å²) in [5.41, 5.74) is 4.99. The minimum absolute atomic E-state index is 0.807. The zero-order valence-corrected chi connectivity index (χ0v) is 13.7. The lowest BCUT2D eigenvalue weighted by molar-refractivity contribution is 1.22. The monoisotopic (exact) mass is 335 g/mol. The highest BCUT2D eigenvalue weighted by Crippen LogP contribution is 2.24. The SMILES string of the molecule is c1cc(-c2cc3cccnc3cn2)nc(-c2cc3cccnc3cn2)c1. The Kier molecular flexibility index (Phi) is 3.35. The van der Waals surface area contributed by atoms with Gasteiger partial charge in [-0.25, -0.2) is 4.98 Å². The van der Waals surface area contributed by atoms with Crippen LogP contribution in [0.4, 0.5) is 0 Å². The summed E-state index contributed by atoms with van der Waals surface area (Å²) in [5, 5.41) is 2.08. The molecule has 0 aromatic carbocycles. The molecule has 0 aliphatic rings. The van der Waals surface area contributed by atoms with Crippen molar-refractivity contribution in [3.8, 4) is 22.8 Å². The molecule has 5 nitrogen and oxygen atoms in total. The van der Waals surface area contributed by atoms with Crippen LogP contribution in [0.5, 0.6) is 0 Å². The summed E-state index contributed by atoms with van der Waals surface area (Å²) in [6.07, 6.45) is 7.09. The van der Waals surface area contributed by atoms with Crippen LogP contribution in [0, 0.1) is 0 Å². The van der Waals surface area contributed by atoms with Crippen LogP contribution in [-0.2, 0) is 0 Å². The van der Waals surface area contributed by atoms with Crippen LogP contribution in [0.1, 0.15) is 0 Å². The molecule has 122 valence electrons. The van der Waals surface area contributed by atoms with Crippen molar-refractivity contribution in [2.75, 3.05) is 0 Å². The molecule has 0 unspecified atom stereocenters.